The van der Waals surface area contributed by atoms with Crippen molar-refractivity contribution in [1.29, 1.82) is 0 Å². The fourth-order valence-corrected chi connectivity index (χ4v) is 6.12. The van der Waals surface area contributed by atoms with E-state index < -0.39 is 26.2 Å². The molecule has 1 saturated heterocycles. The zero-order valence-corrected chi connectivity index (χ0v) is 21.8. The van der Waals surface area contributed by atoms with E-state index in [2.05, 4.69) is 10.5 Å². The summed E-state index contributed by atoms with van der Waals surface area (Å²) >= 11 is 0. The van der Waals surface area contributed by atoms with Gasteiger partial charge < -0.3 is 5.11 Å². The minimum atomic E-state index is -3.85. The van der Waals surface area contributed by atoms with Crippen LogP contribution in [0.3, 0.4) is 0 Å². The van der Waals surface area contributed by atoms with Crippen molar-refractivity contribution in [3.63, 3.8) is 0 Å². The Balaban J connectivity index is 1.53. The standard InChI is InChI=1S/C27H25N5O6S/c1-18-8-10-19(11-9-18)31-26(33)22-7-3-2-6-21(22)23(27(31)34)17-28-29-24-13-12-20(16-25(24)32(35)36)39(37,38)30-14-4-5-15-30/h2-3,6-13,16-17,29,34H,4-5,14-15H2,1H3. The fourth-order valence-electron chi connectivity index (χ4n) is 4.58. The van der Waals surface area contributed by atoms with Gasteiger partial charge in [0.1, 0.15) is 5.69 Å². The summed E-state index contributed by atoms with van der Waals surface area (Å²) < 4.78 is 28.2. The van der Waals surface area contributed by atoms with Gasteiger partial charge in [0, 0.05) is 29.9 Å². The van der Waals surface area contributed by atoms with Crippen LogP contribution in [-0.2, 0) is 10.0 Å². The van der Waals surface area contributed by atoms with Gasteiger partial charge in [-0.3, -0.25) is 20.3 Å². The van der Waals surface area contributed by atoms with Gasteiger partial charge >= 0.3 is 0 Å². The predicted octanol–water partition coefficient (Wildman–Crippen LogP) is 4.14. The number of aryl methyl sites for hydroxylation is 1. The number of fused-ring (bicyclic) bond motifs is 1. The lowest BCUT2D eigenvalue weighted by Crippen LogP contribution is -2.27. The SMILES string of the molecule is Cc1ccc(-n2c(O)c(C=NNc3ccc(S(=O)(=O)N4CCCC4)cc3[N+](=O)[O-])c3ccccc3c2=O)cc1. The smallest absolute Gasteiger partial charge is 0.295 e. The number of nitro groups is 1. The minimum absolute atomic E-state index is 0.0349. The molecule has 11 nitrogen and oxygen atoms in total. The van der Waals surface area contributed by atoms with E-state index >= 15 is 0 Å². The summed E-state index contributed by atoms with van der Waals surface area (Å²) in [6.07, 6.45) is 2.75. The summed E-state index contributed by atoms with van der Waals surface area (Å²) in [4.78, 5) is 24.1. The largest absolute Gasteiger partial charge is 0.494 e. The van der Waals surface area contributed by atoms with E-state index in [0.29, 0.717) is 29.5 Å². The Morgan fingerprint density at radius 1 is 1.03 bits per heavy atom. The summed E-state index contributed by atoms with van der Waals surface area (Å²) in [5, 5.41) is 27.8. The normalized spacial score (nSPS) is 14.3. The Morgan fingerprint density at radius 2 is 1.69 bits per heavy atom. The number of nitro benzene ring substituents is 1. The van der Waals surface area contributed by atoms with Crippen molar-refractivity contribution >= 4 is 38.4 Å². The highest BCUT2D eigenvalue weighted by molar-refractivity contribution is 7.89. The van der Waals surface area contributed by atoms with Crippen molar-refractivity contribution in [2.75, 3.05) is 18.5 Å². The number of hydrogen-bond acceptors (Lipinski definition) is 8. The first-order chi connectivity index (χ1) is 18.7. The molecular weight excluding hydrogens is 522 g/mol. The summed E-state index contributed by atoms with van der Waals surface area (Å²) in [6, 6.07) is 17.4. The van der Waals surface area contributed by atoms with E-state index in [0.717, 1.165) is 24.5 Å². The highest BCUT2D eigenvalue weighted by atomic mass is 32.2. The van der Waals surface area contributed by atoms with Gasteiger partial charge in [0.05, 0.1) is 27.3 Å². The van der Waals surface area contributed by atoms with E-state index in [-0.39, 0.29) is 22.0 Å². The van der Waals surface area contributed by atoms with Crippen molar-refractivity contribution in [2.45, 2.75) is 24.7 Å². The first-order valence-corrected chi connectivity index (χ1v) is 13.6. The maximum Gasteiger partial charge on any atom is 0.295 e. The second kappa shape index (κ2) is 10.3. The van der Waals surface area contributed by atoms with Crippen LogP contribution in [0.4, 0.5) is 11.4 Å². The topological polar surface area (TPSA) is 147 Å². The molecule has 1 fully saturated rings. The molecule has 2 N–H and O–H groups in total. The minimum Gasteiger partial charge on any atom is -0.494 e. The Morgan fingerprint density at radius 3 is 2.36 bits per heavy atom. The van der Waals surface area contributed by atoms with Crippen LogP contribution < -0.4 is 11.0 Å². The third kappa shape index (κ3) is 4.87. The molecule has 4 aromatic rings. The number of aromatic hydroxyl groups is 1. The number of anilines is 1. The molecule has 0 aliphatic carbocycles. The molecular formula is C27H25N5O6S. The van der Waals surface area contributed by atoms with Crippen LogP contribution in [0.25, 0.3) is 16.5 Å². The Hall–Kier alpha value is -4.55. The molecule has 5 rings (SSSR count). The Labute approximate surface area is 223 Å². The molecule has 200 valence electrons. The number of hydrogen-bond donors (Lipinski definition) is 2. The van der Waals surface area contributed by atoms with Gasteiger partial charge in [0.25, 0.3) is 11.2 Å². The van der Waals surface area contributed by atoms with Crippen LogP contribution in [0.15, 0.2) is 81.5 Å². The van der Waals surface area contributed by atoms with Gasteiger partial charge in [-0.1, -0.05) is 35.9 Å². The van der Waals surface area contributed by atoms with E-state index in [1.807, 2.05) is 19.1 Å². The van der Waals surface area contributed by atoms with Crippen molar-refractivity contribution in [2.24, 2.45) is 5.10 Å². The third-order valence-electron chi connectivity index (χ3n) is 6.64. The zero-order chi connectivity index (χ0) is 27.7. The highest BCUT2D eigenvalue weighted by Gasteiger charge is 2.29. The van der Waals surface area contributed by atoms with E-state index in [9.17, 15) is 28.4 Å². The molecule has 12 heteroatoms. The number of nitrogens with zero attached hydrogens (tertiary/aromatic N) is 4. The zero-order valence-electron chi connectivity index (χ0n) is 20.9. The van der Waals surface area contributed by atoms with Crippen molar-refractivity contribution in [1.82, 2.24) is 8.87 Å². The predicted molar refractivity (Wildman–Crippen MR) is 148 cm³/mol. The summed E-state index contributed by atoms with van der Waals surface area (Å²) in [5.41, 5.74) is 3.33. The molecule has 2 heterocycles. The Kier molecular flexibility index (Phi) is 6.89. The molecule has 0 bridgehead atoms. The lowest BCUT2D eigenvalue weighted by molar-refractivity contribution is -0.384. The van der Waals surface area contributed by atoms with Crippen LogP contribution in [0, 0.1) is 17.0 Å². The van der Waals surface area contributed by atoms with E-state index in [4.69, 9.17) is 0 Å². The number of nitrogens with one attached hydrogen (secondary N) is 1. The average Bonchev–Trinajstić information content (AvgIpc) is 3.48. The monoisotopic (exact) mass is 547 g/mol. The second-order valence-electron chi connectivity index (χ2n) is 9.18. The number of aromatic nitrogens is 1. The highest BCUT2D eigenvalue weighted by Crippen LogP contribution is 2.31. The van der Waals surface area contributed by atoms with Crippen LogP contribution >= 0.6 is 0 Å². The van der Waals surface area contributed by atoms with Gasteiger partial charge in [0.15, 0.2) is 0 Å². The number of hydrazone groups is 1. The Bertz CT molecular complexity index is 1780. The molecule has 1 aliphatic rings. The first-order valence-electron chi connectivity index (χ1n) is 12.2. The van der Waals surface area contributed by atoms with Crippen molar-refractivity contribution < 1.29 is 18.4 Å². The van der Waals surface area contributed by atoms with Crippen molar-refractivity contribution in [3.05, 3.63) is 98.3 Å². The van der Waals surface area contributed by atoms with Crippen molar-refractivity contribution in [3.8, 4) is 11.6 Å². The quantitative estimate of drug-likeness (QED) is 0.201. The van der Waals surface area contributed by atoms with Gasteiger partial charge in [-0.25, -0.2) is 13.0 Å². The first kappa shape index (κ1) is 26.1. The lowest BCUT2D eigenvalue weighted by atomic mass is 10.1. The van der Waals surface area contributed by atoms with Gasteiger partial charge in [-0.2, -0.15) is 9.41 Å². The van der Waals surface area contributed by atoms with Gasteiger partial charge in [-0.05, 0) is 50.1 Å². The summed E-state index contributed by atoms with van der Waals surface area (Å²) in [6.45, 7) is 2.66. The molecule has 0 unspecified atom stereocenters. The van der Waals surface area contributed by atoms with Gasteiger partial charge in [-0.15, -0.1) is 0 Å². The van der Waals surface area contributed by atoms with Gasteiger partial charge in [0.2, 0.25) is 15.9 Å². The molecule has 0 saturated carbocycles. The van der Waals surface area contributed by atoms with Crippen LogP contribution in [0.5, 0.6) is 5.88 Å². The number of benzene rings is 3. The molecule has 0 atom stereocenters. The van der Waals surface area contributed by atoms with Crippen LogP contribution in [-0.4, -0.2) is 46.6 Å². The van der Waals surface area contributed by atoms with E-state index in [1.54, 1.807) is 36.4 Å². The number of rotatable bonds is 7. The molecule has 3 aromatic carbocycles. The van der Waals surface area contributed by atoms with Crippen LogP contribution in [0.1, 0.15) is 24.0 Å². The summed E-state index contributed by atoms with van der Waals surface area (Å²) in [7, 11) is -3.85. The summed E-state index contributed by atoms with van der Waals surface area (Å²) in [5.74, 6) is -0.352. The second-order valence-corrected chi connectivity index (χ2v) is 11.1. The molecule has 0 spiro atoms. The lowest BCUT2D eigenvalue weighted by Gasteiger charge is -2.15. The number of sulfonamides is 1. The fraction of sp³-hybridized carbons (Fsp3) is 0.185. The maximum atomic E-state index is 13.2. The molecule has 0 radical (unpaired) electrons. The molecule has 0 amide bonds. The maximum absolute atomic E-state index is 13.2. The third-order valence-corrected chi connectivity index (χ3v) is 8.54. The van der Waals surface area contributed by atoms with Crippen LogP contribution in [0.2, 0.25) is 0 Å². The van der Waals surface area contributed by atoms with E-state index in [1.165, 1.54) is 27.2 Å². The average molecular weight is 548 g/mol. The molecule has 1 aromatic heterocycles. The molecule has 39 heavy (non-hydrogen) atoms. The number of pyridine rings is 1. The molecule has 1 aliphatic heterocycles.